The van der Waals surface area contributed by atoms with Crippen molar-refractivity contribution in [3.63, 3.8) is 0 Å². The van der Waals surface area contributed by atoms with Crippen molar-refractivity contribution in [2.24, 2.45) is 0 Å². The zero-order chi connectivity index (χ0) is 21.3. The number of ether oxygens (including phenoxy) is 1. The topological polar surface area (TPSA) is 53.6 Å². The molecule has 0 radical (unpaired) electrons. The SMILES string of the molecule is COc1ccc(F)cc1-c1ccc2c(c1CNc1ccc(C)cc1)N(C)C(=O)CN2. The van der Waals surface area contributed by atoms with Crippen LogP contribution >= 0.6 is 0 Å². The normalized spacial score (nSPS) is 12.9. The highest BCUT2D eigenvalue weighted by atomic mass is 19.1. The van der Waals surface area contributed by atoms with Crippen LogP contribution in [0, 0.1) is 12.7 Å². The van der Waals surface area contributed by atoms with Crippen molar-refractivity contribution in [3.05, 3.63) is 71.5 Å². The van der Waals surface area contributed by atoms with Gasteiger partial charge in [0.15, 0.2) is 0 Å². The first-order chi connectivity index (χ1) is 14.5. The van der Waals surface area contributed by atoms with Gasteiger partial charge in [0, 0.05) is 30.4 Å². The van der Waals surface area contributed by atoms with Gasteiger partial charge in [0.25, 0.3) is 0 Å². The highest BCUT2D eigenvalue weighted by molar-refractivity contribution is 6.04. The zero-order valence-electron chi connectivity index (χ0n) is 17.3. The van der Waals surface area contributed by atoms with Crippen molar-refractivity contribution < 1.29 is 13.9 Å². The molecule has 4 rings (SSSR count). The summed E-state index contributed by atoms with van der Waals surface area (Å²) in [6.45, 7) is 2.75. The Bertz CT molecular complexity index is 1100. The second-order valence-corrected chi connectivity index (χ2v) is 7.36. The van der Waals surface area contributed by atoms with Gasteiger partial charge in [0.2, 0.25) is 5.91 Å². The van der Waals surface area contributed by atoms with Gasteiger partial charge in [-0.1, -0.05) is 23.8 Å². The van der Waals surface area contributed by atoms with Crippen molar-refractivity contribution in [1.82, 2.24) is 0 Å². The van der Waals surface area contributed by atoms with Gasteiger partial charge in [0.1, 0.15) is 11.6 Å². The summed E-state index contributed by atoms with van der Waals surface area (Å²) in [7, 11) is 3.33. The van der Waals surface area contributed by atoms with Crippen LogP contribution in [0.5, 0.6) is 5.75 Å². The highest BCUT2D eigenvalue weighted by Gasteiger charge is 2.26. The monoisotopic (exact) mass is 405 g/mol. The lowest BCUT2D eigenvalue weighted by Gasteiger charge is -2.31. The van der Waals surface area contributed by atoms with Gasteiger partial charge in [-0.15, -0.1) is 0 Å². The molecule has 30 heavy (non-hydrogen) atoms. The molecule has 0 saturated heterocycles. The molecule has 0 aliphatic carbocycles. The Morgan fingerprint density at radius 1 is 1.10 bits per heavy atom. The molecule has 1 heterocycles. The fourth-order valence-electron chi connectivity index (χ4n) is 3.76. The number of rotatable bonds is 5. The van der Waals surface area contributed by atoms with Crippen LogP contribution in [0.1, 0.15) is 11.1 Å². The molecule has 6 heteroatoms. The molecule has 1 aliphatic rings. The number of methoxy groups -OCH3 is 1. The van der Waals surface area contributed by atoms with Gasteiger partial charge < -0.3 is 20.3 Å². The van der Waals surface area contributed by atoms with Crippen molar-refractivity contribution in [1.29, 1.82) is 0 Å². The Morgan fingerprint density at radius 2 is 1.87 bits per heavy atom. The van der Waals surface area contributed by atoms with Crippen molar-refractivity contribution in [2.75, 3.05) is 36.2 Å². The summed E-state index contributed by atoms with van der Waals surface area (Å²) in [5.41, 5.74) is 6.15. The number of carbonyl (C=O) groups is 1. The largest absolute Gasteiger partial charge is 0.496 e. The molecule has 154 valence electrons. The molecule has 2 N–H and O–H groups in total. The average Bonchev–Trinajstić information content (AvgIpc) is 2.75. The first-order valence-electron chi connectivity index (χ1n) is 9.78. The molecule has 0 atom stereocenters. The van der Waals surface area contributed by atoms with Crippen LogP contribution in [0.15, 0.2) is 54.6 Å². The van der Waals surface area contributed by atoms with Crippen LogP contribution in [0.3, 0.4) is 0 Å². The van der Waals surface area contributed by atoms with Crippen LogP contribution in [0.25, 0.3) is 11.1 Å². The van der Waals surface area contributed by atoms with Gasteiger partial charge in [-0.25, -0.2) is 4.39 Å². The molecule has 0 fully saturated rings. The summed E-state index contributed by atoms with van der Waals surface area (Å²) < 4.78 is 19.6. The average molecular weight is 405 g/mol. The second-order valence-electron chi connectivity index (χ2n) is 7.36. The molecule has 3 aromatic rings. The van der Waals surface area contributed by atoms with Crippen LogP contribution in [0.2, 0.25) is 0 Å². The van der Waals surface area contributed by atoms with E-state index in [0.717, 1.165) is 28.2 Å². The molecule has 0 unspecified atom stereocenters. The van der Waals surface area contributed by atoms with E-state index >= 15 is 0 Å². The molecular weight excluding hydrogens is 381 g/mol. The van der Waals surface area contributed by atoms with E-state index in [-0.39, 0.29) is 18.3 Å². The number of likely N-dealkylation sites (N-methyl/N-ethyl adjacent to an activating group) is 1. The Morgan fingerprint density at radius 3 is 2.60 bits per heavy atom. The fourth-order valence-corrected chi connectivity index (χ4v) is 3.76. The number of hydrogen-bond donors (Lipinski definition) is 2. The summed E-state index contributed by atoms with van der Waals surface area (Å²) in [6, 6.07) is 16.4. The Kier molecular flexibility index (Phi) is 5.31. The highest BCUT2D eigenvalue weighted by Crippen LogP contribution is 2.42. The minimum Gasteiger partial charge on any atom is -0.496 e. The van der Waals surface area contributed by atoms with Crippen LogP contribution in [-0.2, 0) is 11.3 Å². The third-order valence-electron chi connectivity index (χ3n) is 5.39. The number of anilines is 3. The van der Waals surface area contributed by atoms with Gasteiger partial charge in [-0.2, -0.15) is 0 Å². The summed E-state index contributed by atoms with van der Waals surface area (Å²) >= 11 is 0. The molecule has 5 nitrogen and oxygen atoms in total. The van der Waals surface area contributed by atoms with E-state index in [1.54, 1.807) is 25.1 Å². The van der Waals surface area contributed by atoms with Gasteiger partial charge >= 0.3 is 0 Å². The molecule has 1 aliphatic heterocycles. The Labute approximate surface area is 175 Å². The third kappa shape index (κ3) is 3.68. The summed E-state index contributed by atoms with van der Waals surface area (Å²) in [4.78, 5) is 14.1. The smallest absolute Gasteiger partial charge is 0.246 e. The quantitative estimate of drug-likeness (QED) is 0.640. The van der Waals surface area contributed by atoms with E-state index in [1.165, 1.54) is 17.7 Å². The van der Waals surface area contributed by atoms with Crippen molar-refractivity contribution >= 4 is 23.0 Å². The van der Waals surface area contributed by atoms with E-state index < -0.39 is 0 Å². The Balaban J connectivity index is 1.85. The summed E-state index contributed by atoms with van der Waals surface area (Å²) in [5, 5.41) is 6.62. The number of carbonyl (C=O) groups excluding carboxylic acids is 1. The number of halogens is 1. The lowest BCUT2D eigenvalue weighted by molar-refractivity contribution is -0.116. The van der Waals surface area contributed by atoms with Gasteiger partial charge in [0.05, 0.1) is 25.0 Å². The number of nitrogens with zero attached hydrogens (tertiary/aromatic N) is 1. The number of benzene rings is 3. The minimum absolute atomic E-state index is 0.0255. The fraction of sp³-hybridized carbons (Fsp3) is 0.208. The first-order valence-corrected chi connectivity index (χ1v) is 9.78. The molecular formula is C24H24FN3O2. The standard InChI is InChI=1S/C24H24FN3O2/c1-15-4-7-17(8-5-15)26-13-20-18(19-12-16(25)6-11-22(19)30-3)9-10-21-24(20)28(2)23(29)14-27-21/h4-12,26-27H,13-14H2,1-3H3. The summed E-state index contributed by atoms with van der Waals surface area (Å²) in [6.07, 6.45) is 0. The molecule has 0 bridgehead atoms. The number of hydrogen-bond acceptors (Lipinski definition) is 4. The predicted octanol–water partition coefficient (Wildman–Crippen LogP) is 4.81. The molecule has 0 saturated carbocycles. The third-order valence-corrected chi connectivity index (χ3v) is 5.39. The number of nitrogens with one attached hydrogen (secondary N) is 2. The molecule has 3 aromatic carbocycles. The van der Waals surface area contributed by atoms with E-state index in [9.17, 15) is 9.18 Å². The van der Waals surface area contributed by atoms with Crippen LogP contribution < -0.4 is 20.3 Å². The number of aryl methyl sites for hydroxylation is 1. The van der Waals surface area contributed by atoms with Crippen molar-refractivity contribution in [3.8, 4) is 16.9 Å². The van der Waals surface area contributed by atoms with E-state index in [4.69, 9.17) is 4.74 Å². The maximum absolute atomic E-state index is 14.1. The predicted molar refractivity (Wildman–Crippen MR) is 119 cm³/mol. The molecule has 0 aromatic heterocycles. The van der Waals surface area contributed by atoms with Crippen LogP contribution in [-0.4, -0.2) is 26.6 Å². The van der Waals surface area contributed by atoms with Gasteiger partial charge in [-0.3, -0.25) is 4.79 Å². The van der Waals surface area contributed by atoms with E-state index in [2.05, 4.69) is 10.6 Å². The van der Waals surface area contributed by atoms with E-state index in [1.807, 2.05) is 43.3 Å². The van der Waals surface area contributed by atoms with Crippen LogP contribution in [0.4, 0.5) is 21.5 Å². The zero-order valence-corrected chi connectivity index (χ0v) is 17.3. The number of fused-ring (bicyclic) bond motifs is 1. The van der Waals surface area contributed by atoms with Gasteiger partial charge in [-0.05, 0) is 48.9 Å². The van der Waals surface area contributed by atoms with Crippen molar-refractivity contribution in [2.45, 2.75) is 13.5 Å². The number of amides is 1. The minimum atomic E-state index is -0.344. The second kappa shape index (κ2) is 8.06. The lowest BCUT2D eigenvalue weighted by Crippen LogP contribution is -2.37. The molecule has 0 spiro atoms. The van der Waals surface area contributed by atoms with E-state index in [0.29, 0.717) is 17.9 Å². The lowest BCUT2D eigenvalue weighted by atomic mass is 9.94. The maximum Gasteiger partial charge on any atom is 0.246 e. The first kappa shape index (κ1) is 19.8. The Hall–Kier alpha value is -3.54. The maximum atomic E-state index is 14.1. The molecule has 1 amide bonds. The summed E-state index contributed by atoms with van der Waals surface area (Å²) in [5.74, 6) is 0.205.